The van der Waals surface area contributed by atoms with Gasteiger partial charge in [-0.15, -0.1) is 0 Å². The van der Waals surface area contributed by atoms with E-state index in [9.17, 15) is 5.11 Å². The molecule has 0 aromatic carbocycles. The molecule has 12 heavy (non-hydrogen) atoms. The third-order valence-corrected chi connectivity index (χ3v) is 2.67. The monoisotopic (exact) mass is 232 g/mol. The molecule has 0 bridgehead atoms. The quantitative estimate of drug-likeness (QED) is 0.845. The number of aliphatic hydroxyl groups is 1. The van der Waals surface area contributed by atoms with Crippen LogP contribution in [-0.4, -0.2) is 14.9 Å². The SMILES string of the molecule is CCC(C)(O)c1c(Br)cnn1C. The van der Waals surface area contributed by atoms with Gasteiger partial charge in [-0.2, -0.15) is 5.10 Å². The van der Waals surface area contributed by atoms with E-state index >= 15 is 0 Å². The van der Waals surface area contributed by atoms with E-state index in [1.807, 2.05) is 14.0 Å². The summed E-state index contributed by atoms with van der Waals surface area (Å²) in [6.07, 6.45) is 2.37. The maximum absolute atomic E-state index is 9.95. The number of hydrogen-bond acceptors (Lipinski definition) is 2. The molecule has 0 saturated carbocycles. The van der Waals surface area contributed by atoms with Crippen LogP contribution in [-0.2, 0) is 12.6 Å². The molecule has 4 heteroatoms. The zero-order valence-electron chi connectivity index (χ0n) is 7.50. The summed E-state index contributed by atoms with van der Waals surface area (Å²) in [7, 11) is 1.82. The molecule has 0 amide bonds. The van der Waals surface area contributed by atoms with Crippen molar-refractivity contribution in [3.8, 4) is 0 Å². The fourth-order valence-corrected chi connectivity index (χ4v) is 1.96. The Morgan fingerprint density at radius 1 is 1.75 bits per heavy atom. The first-order valence-corrected chi connectivity index (χ1v) is 4.68. The first kappa shape index (κ1) is 9.74. The average molecular weight is 233 g/mol. The fraction of sp³-hybridized carbons (Fsp3) is 0.625. The Kier molecular flexibility index (Phi) is 2.58. The van der Waals surface area contributed by atoms with Gasteiger partial charge in [0, 0.05) is 7.05 Å². The van der Waals surface area contributed by atoms with Crippen molar-refractivity contribution in [3.05, 3.63) is 16.4 Å². The maximum Gasteiger partial charge on any atom is 0.104 e. The van der Waals surface area contributed by atoms with Crippen LogP contribution in [0.2, 0.25) is 0 Å². The van der Waals surface area contributed by atoms with Crippen LogP contribution in [0.15, 0.2) is 10.7 Å². The fourth-order valence-electron chi connectivity index (χ4n) is 1.18. The Morgan fingerprint density at radius 3 is 2.67 bits per heavy atom. The van der Waals surface area contributed by atoms with E-state index in [0.29, 0.717) is 6.42 Å². The maximum atomic E-state index is 9.95. The summed E-state index contributed by atoms with van der Waals surface area (Å²) in [5.74, 6) is 0. The van der Waals surface area contributed by atoms with Crippen LogP contribution in [0.1, 0.15) is 26.0 Å². The molecule has 68 valence electrons. The molecule has 1 unspecified atom stereocenters. The molecule has 0 radical (unpaired) electrons. The van der Waals surface area contributed by atoms with Crippen molar-refractivity contribution in [2.75, 3.05) is 0 Å². The third kappa shape index (κ3) is 1.54. The molecule has 3 nitrogen and oxygen atoms in total. The molecule has 1 heterocycles. The van der Waals surface area contributed by atoms with Crippen molar-refractivity contribution in [3.63, 3.8) is 0 Å². The highest BCUT2D eigenvalue weighted by atomic mass is 79.9. The third-order valence-electron chi connectivity index (χ3n) is 2.09. The van der Waals surface area contributed by atoms with Gasteiger partial charge >= 0.3 is 0 Å². The van der Waals surface area contributed by atoms with Crippen LogP contribution >= 0.6 is 15.9 Å². The van der Waals surface area contributed by atoms with Crippen molar-refractivity contribution in [1.82, 2.24) is 9.78 Å². The van der Waals surface area contributed by atoms with E-state index in [-0.39, 0.29) is 0 Å². The summed E-state index contributed by atoms with van der Waals surface area (Å²) < 4.78 is 2.55. The summed E-state index contributed by atoms with van der Waals surface area (Å²) in [6.45, 7) is 3.73. The second-order valence-corrected chi connectivity index (χ2v) is 3.95. The minimum Gasteiger partial charge on any atom is -0.384 e. The molecule has 1 atom stereocenters. The van der Waals surface area contributed by atoms with Gasteiger partial charge < -0.3 is 5.11 Å². The van der Waals surface area contributed by atoms with Crippen LogP contribution in [0.5, 0.6) is 0 Å². The number of aryl methyl sites for hydroxylation is 1. The van der Waals surface area contributed by atoms with Crippen molar-refractivity contribution in [2.24, 2.45) is 7.05 Å². The minimum atomic E-state index is -0.802. The largest absolute Gasteiger partial charge is 0.384 e. The van der Waals surface area contributed by atoms with Gasteiger partial charge in [-0.25, -0.2) is 0 Å². The smallest absolute Gasteiger partial charge is 0.104 e. The van der Waals surface area contributed by atoms with E-state index in [1.165, 1.54) is 0 Å². The van der Waals surface area contributed by atoms with Crippen molar-refractivity contribution in [1.29, 1.82) is 0 Å². The molecule has 0 aliphatic heterocycles. The van der Waals surface area contributed by atoms with E-state index in [4.69, 9.17) is 0 Å². The van der Waals surface area contributed by atoms with Crippen LogP contribution in [0, 0.1) is 0 Å². The lowest BCUT2D eigenvalue weighted by Crippen LogP contribution is -2.23. The Morgan fingerprint density at radius 2 is 2.33 bits per heavy atom. The average Bonchev–Trinajstić information content (AvgIpc) is 2.31. The standard InChI is InChI=1S/C8H13BrN2O/c1-4-8(2,12)7-6(9)5-10-11(7)3/h5,12H,4H2,1-3H3. The molecule has 0 spiro atoms. The lowest BCUT2D eigenvalue weighted by atomic mass is 9.99. The van der Waals surface area contributed by atoms with Crippen molar-refractivity contribution < 1.29 is 5.11 Å². The Hall–Kier alpha value is -0.350. The summed E-state index contributed by atoms with van der Waals surface area (Å²) in [5.41, 5.74) is 0.0226. The number of nitrogens with zero attached hydrogens (tertiary/aromatic N) is 2. The second kappa shape index (κ2) is 3.18. The van der Waals surface area contributed by atoms with Crippen LogP contribution in [0.3, 0.4) is 0 Å². The number of aromatic nitrogens is 2. The highest BCUT2D eigenvalue weighted by Gasteiger charge is 2.26. The van der Waals surface area contributed by atoms with E-state index in [2.05, 4.69) is 21.0 Å². The van der Waals surface area contributed by atoms with Gasteiger partial charge in [0.2, 0.25) is 0 Å². The Labute approximate surface area is 80.5 Å². The normalized spacial score (nSPS) is 16.1. The first-order chi connectivity index (χ1) is 5.49. The highest BCUT2D eigenvalue weighted by Crippen LogP contribution is 2.29. The van der Waals surface area contributed by atoms with Gasteiger partial charge in [-0.3, -0.25) is 4.68 Å². The molecule has 1 rings (SSSR count). The predicted octanol–water partition coefficient (Wildman–Crippen LogP) is 1.80. The molecular weight excluding hydrogens is 220 g/mol. The molecule has 0 saturated heterocycles. The highest BCUT2D eigenvalue weighted by molar-refractivity contribution is 9.10. The van der Waals surface area contributed by atoms with Crippen LogP contribution in [0.25, 0.3) is 0 Å². The molecule has 0 aliphatic carbocycles. The molecule has 0 fully saturated rings. The first-order valence-electron chi connectivity index (χ1n) is 3.89. The van der Waals surface area contributed by atoms with Gasteiger partial charge in [0.1, 0.15) is 5.60 Å². The van der Waals surface area contributed by atoms with Crippen LogP contribution in [0.4, 0.5) is 0 Å². The number of hydrogen-bond donors (Lipinski definition) is 1. The van der Waals surface area contributed by atoms with E-state index in [0.717, 1.165) is 10.2 Å². The Bertz CT molecular complexity index is 261. The Balaban J connectivity index is 3.17. The zero-order valence-corrected chi connectivity index (χ0v) is 9.09. The van der Waals surface area contributed by atoms with Gasteiger partial charge in [0.15, 0.2) is 0 Å². The van der Waals surface area contributed by atoms with Gasteiger partial charge in [-0.05, 0) is 29.3 Å². The second-order valence-electron chi connectivity index (χ2n) is 3.09. The molecule has 1 N–H and O–H groups in total. The van der Waals surface area contributed by atoms with Crippen molar-refractivity contribution >= 4 is 15.9 Å². The molecule has 1 aromatic rings. The van der Waals surface area contributed by atoms with Gasteiger partial charge in [0.25, 0.3) is 0 Å². The summed E-state index contributed by atoms with van der Waals surface area (Å²) in [4.78, 5) is 0. The van der Waals surface area contributed by atoms with Gasteiger partial charge in [0.05, 0.1) is 16.4 Å². The van der Waals surface area contributed by atoms with Gasteiger partial charge in [-0.1, -0.05) is 6.92 Å². The molecule has 1 aromatic heterocycles. The number of halogens is 1. The molecule has 0 aliphatic rings. The predicted molar refractivity (Wildman–Crippen MR) is 50.8 cm³/mol. The van der Waals surface area contributed by atoms with Crippen molar-refractivity contribution in [2.45, 2.75) is 25.9 Å². The number of rotatable bonds is 2. The minimum absolute atomic E-state index is 0.672. The molecular formula is C8H13BrN2O. The summed E-state index contributed by atoms with van der Waals surface area (Å²) >= 11 is 3.35. The van der Waals surface area contributed by atoms with E-state index < -0.39 is 5.60 Å². The summed E-state index contributed by atoms with van der Waals surface area (Å²) in [5, 5.41) is 14.0. The lowest BCUT2D eigenvalue weighted by molar-refractivity contribution is 0.0438. The van der Waals surface area contributed by atoms with E-state index in [1.54, 1.807) is 17.8 Å². The summed E-state index contributed by atoms with van der Waals surface area (Å²) in [6, 6.07) is 0. The zero-order chi connectivity index (χ0) is 9.35. The topological polar surface area (TPSA) is 38.1 Å². The van der Waals surface area contributed by atoms with Crippen LogP contribution < -0.4 is 0 Å². The lowest BCUT2D eigenvalue weighted by Gasteiger charge is -2.21.